The van der Waals surface area contributed by atoms with Gasteiger partial charge >= 0.3 is 0 Å². The lowest BCUT2D eigenvalue weighted by Gasteiger charge is -2.27. The zero-order valence-corrected chi connectivity index (χ0v) is 15.1. The number of fused-ring (bicyclic) bond motifs is 1. The quantitative estimate of drug-likeness (QED) is 0.894. The maximum absolute atomic E-state index is 12.2. The Labute approximate surface area is 135 Å². The minimum atomic E-state index is -3.42. The molecule has 22 heavy (non-hydrogen) atoms. The van der Waals surface area contributed by atoms with E-state index in [4.69, 9.17) is 0 Å². The van der Waals surface area contributed by atoms with Crippen molar-refractivity contribution in [1.29, 1.82) is 0 Å². The number of hydrogen-bond donors (Lipinski definition) is 1. The predicted molar refractivity (Wildman–Crippen MR) is 86.9 cm³/mol. The summed E-state index contributed by atoms with van der Waals surface area (Å²) in [6.45, 7) is 6.21. The van der Waals surface area contributed by atoms with Gasteiger partial charge in [-0.1, -0.05) is 20.8 Å². The van der Waals surface area contributed by atoms with Crippen LogP contribution >= 0.6 is 11.3 Å². The number of hydrogen-bond acceptors (Lipinski definition) is 5. The molecule has 1 aromatic heterocycles. The number of carbonyl (C=O) groups is 1. The van der Waals surface area contributed by atoms with Gasteiger partial charge in [-0.05, 0) is 0 Å². The van der Waals surface area contributed by atoms with Crippen molar-refractivity contribution in [3.63, 3.8) is 0 Å². The van der Waals surface area contributed by atoms with E-state index in [1.807, 2.05) is 20.8 Å². The van der Waals surface area contributed by atoms with Crippen molar-refractivity contribution < 1.29 is 13.2 Å². The van der Waals surface area contributed by atoms with E-state index < -0.39 is 15.6 Å². The number of nitrogens with one attached hydrogen (secondary N) is 1. The lowest BCUT2D eigenvalue weighted by molar-refractivity contribution is -0.123. The third-order valence-corrected chi connectivity index (χ3v) is 6.27. The van der Waals surface area contributed by atoms with Gasteiger partial charge in [0.15, 0.2) is 5.13 Å². The maximum Gasteiger partial charge on any atom is 0.281 e. The second kappa shape index (κ2) is 5.88. The molecule has 2 heterocycles. The van der Waals surface area contributed by atoms with Gasteiger partial charge in [-0.3, -0.25) is 4.79 Å². The fourth-order valence-electron chi connectivity index (χ4n) is 1.94. The van der Waals surface area contributed by atoms with Crippen molar-refractivity contribution >= 4 is 32.6 Å². The average molecular weight is 346 g/mol. The Morgan fingerprint density at radius 2 is 2.00 bits per heavy atom. The van der Waals surface area contributed by atoms with E-state index >= 15 is 0 Å². The first-order chi connectivity index (χ1) is 10.0. The van der Waals surface area contributed by atoms with Gasteiger partial charge in [0.2, 0.25) is 5.91 Å². The van der Waals surface area contributed by atoms with Crippen LogP contribution < -0.4 is 5.32 Å². The standard InChI is InChI=1S/C13H22N4O3S2/c1-13(2,3)11(18)15-12-14-9-6-7-17(8-10(9)21-12)22(19,20)16(4)5/h6-8H2,1-5H3,(H,14,15,18). The maximum atomic E-state index is 12.2. The van der Waals surface area contributed by atoms with Crippen LogP contribution in [0.4, 0.5) is 5.13 Å². The van der Waals surface area contributed by atoms with Crippen molar-refractivity contribution in [3.05, 3.63) is 10.6 Å². The van der Waals surface area contributed by atoms with Crippen molar-refractivity contribution in [2.45, 2.75) is 33.7 Å². The highest BCUT2D eigenvalue weighted by Gasteiger charge is 2.31. The summed E-state index contributed by atoms with van der Waals surface area (Å²) in [4.78, 5) is 17.3. The molecule has 0 bridgehead atoms. The summed E-state index contributed by atoms with van der Waals surface area (Å²) in [7, 11) is -0.381. The minimum absolute atomic E-state index is 0.101. The van der Waals surface area contributed by atoms with Crippen LogP contribution in [0.25, 0.3) is 0 Å². The van der Waals surface area contributed by atoms with E-state index in [2.05, 4.69) is 10.3 Å². The fourth-order valence-corrected chi connectivity index (χ4v) is 4.11. The number of nitrogens with zero attached hydrogens (tertiary/aromatic N) is 3. The topological polar surface area (TPSA) is 82.6 Å². The van der Waals surface area contributed by atoms with E-state index in [0.29, 0.717) is 24.6 Å². The molecule has 0 radical (unpaired) electrons. The van der Waals surface area contributed by atoms with Crippen LogP contribution in [-0.2, 0) is 28.0 Å². The molecule has 0 atom stereocenters. The van der Waals surface area contributed by atoms with Crippen LogP contribution in [0.2, 0.25) is 0 Å². The Hall–Kier alpha value is -1.03. The molecule has 1 aromatic rings. The molecule has 0 aliphatic carbocycles. The second-order valence-corrected chi connectivity index (χ2v) is 9.69. The normalized spacial score (nSPS) is 16.6. The van der Waals surface area contributed by atoms with Gasteiger partial charge in [-0.25, -0.2) is 4.98 Å². The first-order valence-corrected chi connectivity index (χ1v) is 9.21. The Kier molecular flexibility index (Phi) is 4.63. The van der Waals surface area contributed by atoms with Crippen molar-refractivity contribution in [2.24, 2.45) is 5.41 Å². The SMILES string of the molecule is CN(C)S(=O)(=O)N1CCc2nc(NC(=O)C(C)(C)C)sc2C1. The average Bonchev–Trinajstić information content (AvgIpc) is 2.78. The second-order valence-electron chi connectivity index (χ2n) is 6.47. The van der Waals surface area contributed by atoms with Gasteiger partial charge in [-0.2, -0.15) is 17.0 Å². The molecule has 0 fully saturated rings. The van der Waals surface area contributed by atoms with E-state index in [1.54, 1.807) is 0 Å². The van der Waals surface area contributed by atoms with Gasteiger partial charge in [0.05, 0.1) is 12.2 Å². The highest BCUT2D eigenvalue weighted by molar-refractivity contribution is 7.86. The first-order valence-electron chi connectivity index (χ1n) is 6.99. The summed E-state index contributed by atoms with van der Waals surface area (Å²) >= 11 is 1.34. The summed E-state index contributed by atoms with van der Waals surface area (Å²) < 4.78 is 27.0. The number of carbonyl (C=O) groups excluding carboxylic acids is 1. The molecule has 1 amide bonds. The third-order valence-electron chi connectivity index (χ3n) is 3.39. The zero-order chi connectivity index (χ0) is 16.7. The molecule has 1 N–H and O–H groups in total. The zero-order valence-electron chi connectivity index (χ0n) is 13.5. The molecule has 7 nitrogen and oxygen atoms in total. The van der Waals surface area contributed by atoms with Gasteiger partial charge in [0, 0.05) is 37.4 Å². The molecule has 1 aliphatic rings. The van der Waals surface area contributed by atoms with E-state index in [0.717, 1.165) is 10.6 Å². The van der Waals surface area contributed by atoms with Crippen molar-refractivity contribution in [2.75, 3.05) is 26.0 Å². The summed E-state index contributed by atoms with van der Waals surface area (Å²) in [5.74, 6) is -0.101. The highest BCUT2D eigenvalue weighted by atomic mass is 32.2. The Morgan fingerprint density at radius 3 is 2.55 bits per heavy atom. The summed E-state index contributed by atoms with van der Waals surface area (Å²) in [5.41, 5.74) is 0.381. The van der Waals surface area contributed by atoms with E-state index in [1.165, 1.54) is 34.0 Å². The Morgan fingerprint density at radius 1 is 1.36 bits per heavy atom. The molecule has 9 heteroatoms. The molecule has 124 valence electrons. The van der Waals surface area contributed by atoms with Gasteiger partial charge in [-0.15, -0.1) is 11.3 Å². The van der Waals surface area contributed by atoms with Crippen LogP contribution in [0.1, 0.15) is 31.3 Å². The van der Waals surface area contributed by atoms with Crippen molar-refractivity contribution in [1.82, 2.24) is 13.6 Å². The van der Waals surface area contributed by atoms with Gasteiger partial charge in [0.1, 0.15) is 0 Å². The van der Waals surface area contributed by atoms with Crippen LogP contribution in [0, 0.1) is 5.41 Å². The van der Waals surface area contributed by atoms with Crippen LogP contribution in [0.3, 0.4) is 0 Å². The number of aromatic nitrogens is 1. The molecule has 0 saturated heterocycles. The lowest BCUT2D eigenvalue weighted by atomic mass is 9.96. The molecule has 0 saturated carbocycles. The summed E-state index contributed by atoms with van der Waals surface area (Å²) in [5, 5.41) is 3.34. The number of thiazole rings is 1. The molecule has 0 unspecified atom stereocenters. The highest BCUT2D eigenvalue weighted by Crippen LogP contribution is 2.30. The summed E-state index contributed by atoms with van der Waals surface area (Å²) in [6.07, 6.45) is 0.560. The monoisotopic (exact) mass is 346 g/mol. The number of anilines is 1. The Balaban J connectivity index is 2.16. The van der Waals surface area contributed by atoms with Gasteiger partial charge in [0.25, 0.3) is 10.2 Å². The van der Waals surface area contributed by atoms with E-state index in [-0.39, 0.29) is 5.91 Å². The smallest absolute Gasteiger partial charge is 0.281 e. The molecule has 2 rings (SSSR count). The lowest BCUT2D eigenvalue weighted by Crippen LogP contribution is -2.42. The molecular formula is C13H22N4O3S2. The third kappa shape index (κ3) is 3.48. The molecular weight excluding hydrogens is 324 g/mol. The number of amides is 1. The van der Waals surface area contributed by atoms with Crippen LogP contribution in [-0.4, -0.2) is 48.6 Å². The first kappa shape index (κ1) is 17.3. The largest absolute Gasteiger partial charge is 0.302 e. The summed E-state index contributed by atoms with van der Waals surface area (Å²) in [6, 6.07) is 0. The van der Waals surface area contributed by atoms with Crippen LogP contribution in [0.5, 0.6) is 0 Å². The van der Waals surface area contributed by atoms with Crippen LogP contribution in [0.15, 0.2) is 0 Å². The molecule has 0 aromatic carbocycles. The predicted octanol–water partition coefficient (Wildman–Crippen LogP) is 1.29. The fraction of sp³-hybridized carbons (Fsp3) is 0.692. The Bertz CT molecular complexity index is 674. The minimum Gasteiger partial charge on any atom is -0.302 e. The van der Waals surface area contributed by atoms with Crippen molar-refractivity contribution in [3.8, 4) is 0 Å². The number of rotatable bonds is 3. The van der Waals surface area contributed by atoms with Gasteiger partial charge < -0.3 is 5.32 Å². The van der Waals surface area contributed by atoms with E-state index in [9.17, 15) is 13.2 Å². The molecule has 0 spiro atoms. The molecule has 1 aliphatic heterocycles.